The van der Waals surface area contributed by atoms with Crippen LogP contribution in [0.3, 0.4) is 0 Å². The molecule has 5 aromatic rings. The van der Waals surface area contributed by atoms with Crippen LogP contribution in [0.4, 0.5) is 0 Å². The number of aromatic nitrogens is 1. The largest absolute Gasteiger partial charge is 0.236 e. The molecule has 0 saturated heterocycles. The molecule has 30 heavy (non-hydrogen) atoms. The van der Waals surface area contributed by atoms with Gasteiger partial charge in [0, 0.05) is 5.56 Å². The fraction of sp³-hybridized carbons (Fsp3) is 0.0741. The fourth-order valence-corrected chi connectivity index (χ4v) is 5.93. The van der Waals surface area contributed by atoms with E-state index in [1.54, 1.807) is 11.3 Å². The van der Waals surface area contributed by atoms with Crippen molar-refractivity contribution in [2.24, 2.45) is 0 Å². The summed E-state index contributed by atoms with van der Waals surface area (Å²) in [6.07, 6.45) is 4.10. The third-order valence-electron chi connectivity index (χ3n) is 5.44. The number of fused-ring (bicyclic) bond motifs is 2. The molecule has 0 aliphatic heterocycles. The number of para-hydroxylation sites is 1. The smallest absolute Gasteiger partial charge is 0.125 e. The lowest BCUT2D eigenvalue weighted by molar-refractivity contribution is 1.16. The normalized spacial score (nSPS) is 12.3. The molecule has 0 radical (unpaired) electrons. The van der Waals surface area contributed by atoms with E-state index in [0.717, 1.165) is 16.1 Å². The number of thiazole rings is 1. The summed E-state index contributed by atoms with van der Waals surface area (Å²) in [7, 11) is 0. The van der Waals surface area contributed by atoms with E-state index in [1.165, 1.54) is 32.2 Å². The maximum absolute atomic E-state index is 5.03. The second kappa shape index (κ2) is 8.10. The van der Waals surface area contributed by atoms with E-state index in [4.69, 9.17) is 4.98 Å². The highest BCUT2D eigenvalue weighted by Gasteiger charge is 2.22. The summed E-state index contributed by atoms with van der Waals surface area (Å²) in [5.41, 5.74) is 6.05. The summed E-state index contributed by atoms with van der Waals surface area (Å²) in [5, 5.41) is 3.81. The Hall–Kier alpha value is -2.88. The van der Waals surface area contributed by atoms with Gasteiger partial charge in [0.05, 0.1) is 15.5 Å². The molecule has 0 fully saturated rings. The van der Waals surface area contributed by atoms with Crippen LogP contribution in [0, 0.1) is 0 Å². The first-order valence-electron chi connectivity index (χ1n) is 9.91. The molecule has 1 unspecified atom stereocenters. The predicted octanol–water partition coefficient (Wildman–Crippen LogP) is 8.21. The van der Waals surface area contributed by atoms with Crippen molar-refractivity contribution >= 4 is 50.2 Å². The van der Waals surface area contributed by atoms with Crippen molar-refractivity contribution in [3.05, 3.63) is 108 Å². The van der Waals surface area contributed by atoms with Crippen LogP contribution in [-0.2, 0) is 0 Å². The second-order valence-electron chi connectivity index (χ2n) is 7.23. The average molecular weight is 424 g/mol. The number of hydrogen-bond acceptors (Lipinski definition) is 3. The molecule has 1 heterocycles. The van der Waals surface area contributed by atoms with Crippen LogP contribution in [-0.4, -0.2) is 11.2 Å². The van der Waals surface area contributed by atoms with Gasteiger partial charge in [0.25, 0.3) is 0 Å². The van der Waals surface area contributed by atoms with Gasteiger partial charge in [0.2, 0.25) is 0 Å². The Balaban J connectivity index is 1.79. The Bertz CT molecular complexity index is 1330. The first-order valence-corrected chi connectivity index (χ1v) is 12.0. The van der Waals surface area contributed by atoms with Gasteiger partial charge in [-0.05, 0) is 45.9 Å². The summed E-state index contributed by atoms with van der Waals surface area (Å²) >= 11 is 3.64. The SMILES string of the molecule is C=Cc1cccc(C(SC)c2ccc3ccccc3c2-c2nc3ccccc3s2)c1. The number of nitrogens with zero attached hydrogens (tertiary/aromatic N) is 1. The zero-order valence-electron chi connectivity index (χ0n) is 16.7. The van der Waals surface area contributed by atoms with Crippen LogP contribution in [0.1, 0.15) is 21.9 Å². The van der Waals surface area contributed by atoms with Gasteiger partial charge in [-0.1, -0.05) is 85.5 Å². The molecule has 0 amide bonds. The molecule has 1 atom stereocenters. The molecular weight excluding hydrogens is 402 g/mol. The molecule has 3 heteroatoms. The van der Waals surface area contributed by atoms with Gasteiger partial charge >= 0.3 is 0 Å². The van der Waals surface area contributed by atoms with E-state index in [0.29, 0.717) is 0 Å². The number of benzene rings is 4. The van der Waals surface area contributed by atoms with E-state index >= 15 is 0 Å². The molecule has 146 valence electrons. The quantitative estimate of drug-likeness (QED) is 0.282. The Morgan fingerprint density at radius 2 is 1.77 bits per heavy atom. The molecule has 0 spiro atoms. The number of thioether (sulfide) groups is 1. The maximum atomic E-state index is 5.03. The second-order valence-corrected chi connectivity index (χ2v) is 9.20. The van der Waals surface area contributed by atoms with Gasteiger partial charge in [-0.2, -0.15) is 11.8 Å². The summed E-state index contributed by atoms with van der Waals surface area (Å²) < 4.78 is 1.22. The standard InChI is InChI=1S/C27H21NS2/c1-3-18-9-8-11-20(17-18)26(29-2)22-16-15-19-10-4-5-12-21(19)25(22)27-28-23-13-6-7-14-24(23)30-27/h3-17,26H,1H2,2H3. The summed E-state index contributed by atoms with van der Waals surface area (Å²) in [5.74, 6) is 0. The van der Waals surface area contributed by atoms with Gasteiger partial charge in [-0.15, -0.1) is 11.3 Å². The van der Waals surface area contributed by atoms with Gasteiger partial charge in [0.15, 0.2) is 0 Å². The van der Waals surface area contributed by atoms with Crippen LogP contribution in [0.15, 0.2) is 91.5 Å². The lowest BCUT2D eigenvalue weighted by atomic mass is 9.93. The molecular formula is C27H21NS2. The third-order valence-corrected chi connectivity index (χ3v) is 7.49. The van der Waals surface area contributed by atoms with Crippen LogP contribution < -0.4 is 0 Å². The minimum Gasteiger partial charge on any atom is -0.236 e. The molecule has 0 saturated carbocycles. The van der Waals surface area contributed by atoms with Crippen LogP contribution in [0.25, 0.3) is 37.6 Å². The minimum atomic E-state index is 0.219. The van der Waals surface area contributed by atoms with Crippen molar-refractivity contribution in [1.82, 2.24) is 4.98 Å². The van der Waals surface area contributed by atoms with Crippen molar-refractivity contribution in [2.75, 3.05) is 6.26 Å². The Labute approximate surface area is 185 Å². The first kappa shape index (κ1) is 19.1. The Kier molecular flexibility index (Phi) is 5.16. The summed E-state index contributed by atoms with van der Waals surface area (Å²) in [6, 6.07) is 30.2. The molecule has 5 rings (SSSR count). The first-order chi connectivity index (χ1) is 14.8. The maximum Gasteiger partial charge on any atom is 0.125 e. The van der Waals surface area contributed by atoms with Gasteiger partial charge < -0.3 is 0 Å². The number of rotatable bonds is 5. The van der Waals surface area contributed by atoms with E-state index in [1.807, 2.05) is 17.8 Å². The highest BCUT2D eigenvalue weighted by atomic mass is 32.2. The van der Waals surface area contributed by atoms with Gasteiger partial charge in [-0.25, -0.2) is 4.98 Å². The zero-order chi connectivity index (χ0) is 20.5. The van der Waals surface area contributed by atoms with E-state index < -0.39 is 0 Å². The van der Waals surface area contributed by atoms with E-state index in [-0.39, 0.29) is 5.25 Å². The molecule has 1 aromatic heterocycles. The third kappa shape index (κ3) is 3.34. The van der Waals surface area contributed by atoms with Crippen molar-refractivity contribution in [3.63, 3.8) is 0 Å². The summed E-state index contributed by atoms with van der Waals surface area (Å²) in [4.78, 5) is 5.03. The average Bonchev–Trinajstić information content (AvgIpc) is 3.23. The topological polar surface area (TPSA) is 12.9 Å². The van der Waals surface area contributed by atoms with E-state index in [2.05, 4.69) is 97.8 Å². The molecule has 4 aromatic carbocycles. The van der Waals surface area contributed by atoms with Crippen molar-refractivity contribution < 1.29 is 0 Å². The Morgan fingerprint density at radius 1 is 0.933 bits per heavy atom. The highest BCUT2D eigenvalue weighted by Crippen LogP contribution is 2.44. The lowest BCUT2D eigenvalue weighted by Gasteiger charge is -2.20. The lowest BCUT2D eigenvalue weighted by Crippen LogP contribution is -2.00. The monoisotopic (exact) mass is 423 g/mol. The van der Waals surface area contributed by atoms with E-state index in [9.17, 15) is 0 Å². The van der Waals surface area contributed by atoms with Crippen LogP contribution >= 0.6 is 23.1 Å². The molecule has 0 aliphatic carbocycles. The van der Waals surface area contributed by atoms with Crippen LogP contribution in [0.5, 0.6) is 0 Å². The molecule has 0 bridgehead atoms. The highest BCUT2D eigenvalue weighted by molar-refractivity contribution is 7.99. The molecule has 1 nitrogen and oxygen atoms in total. The minimum absolute atomic E-state index is 0.219. The zero-order valence-corrected chi connectivity index (χ0v) is 18.3. The number of hydrogen-bond donors (Lipinski definition) is 0. The summed E-state index contributed by atoms with van der Waals surface area (Å²) in [6.45, 7) is 3.95. The van der Waals surface area contributed by atoms with Crippen LogP contribution in [0.2, 0.25) is 0 Å². The Morgan fingerprint density at radius 3 is 2.60 bits per heavy atom. The van der Waals surface area contributed by atoms with Crippen molar-refractivity contribution in [1.29, 1.82) is 0 Å². The van der Waals surface area contributed by atoms with Gasteiger partial charge in [-0.3, -0.25) is 0 Å². The van der Waals surface area contributed by atoms with Gasteiger partial charge in [0.1, 0.15) is 5.01 Å². The molecule has 0 N–H and O–H groups in total. The van der Waals surface area contributed by atoms with Crippen molar-refractivity contribution in [2.45, 2.75) is 5.25 Å². The predicted molar refractivity (Wildman–Crippen MR) is 134 cm³/mol. The molecule has 0 aliphatic rings. The fourth-order valence-electron chi connectivity index (χ4n) is 4.02. The van der Waals surface area contributed by atoms with Crippen molar-refractivity contribution in [3.8, 4) is 10.6 Å².